The molecular formula is C14H13N5O4S. The van der Waals surface area contributed by atoms with Crippen LogP contribution in [0.5, 0.6) is 0 Å². The molecule has 10 heteroatoms. The van der Waals surface area contributed by atoms with Gasteiger partial charge in [-0.25, -0.2) is 14.8 Å². The fourth-order valence-electron chi connectivity index (χ4n) is 2.12. The van der Waals surface area contributed by atoms with Gasteiger partial charge in [-0.15, -0.1) is 0 Å². The first kappa shape index (κ1) is 16.1. The lowest BCUT2D eigenvalue weighted by molar-refractivity contribution is 0.0602. The zero-order valence-corrected chi connectivity index (χ0v) is 13.9. The lowest BCUT2D eigenvalue weighted by Crippen LogP contribution is -2.16. The highest BCUT2D eigenvalue weighted by molar-refractivity contribution is 7.98. The lowest BCUT2D eigenvalue weighted by Gasteiger charge is -2.06. The van der Waals surface area contributed by atoms with Crippen molar-refractivity contribution in [3.8, 4) is 0 Å². The molecule has 0 aromatic carbocycles. The second kappa shape index (κ2) is 6.40. The van der Waals surface area contributed by atoms with Crippen molar-refractivity contribution >= 4 is 28.8 Å². The second-order valence-electron chi connectivity index (χ2n) is 4.89. The average Bonchev–Trinajstić information content (AvgIpc) is 2.96. The summed E-state index contributed by atoms with van der Waals surface area (Å²) < 4.78 is 9.60. The van der Waals surface area contributed by atoms with E-state index in [1.165, 1.54) is 24.9 Å². The van der Waals surface area contributed by atoms with Gasteiger partial charge in [0.05, 0.1) is 23.8 Å². The Kier molecular flexibility index (Phi) is 4.30. The SMILES string of the molecule is COC(=O)c1cc(C)nc2nc(SCc3noc(C)n3)[nH]c(=O)c12. The van der Waals surface area contributed by atoms with E-state index < -0.39 is 11.5 Å². The molecule has 3 aromatic heterocycles. The van der Waals surface area contributed by atoms with Gasteiger partial charge in [0.1, 0.15) is 0 Å². The topological polar surface area (TPSA) is 124 Å². The molecule has 1 N–H and O–H groups in total. The molecule has 0 aliphatic carbocycles. The molecule has 0 saturated carbocycles. The van der Waals surface area contributed by atoms with Gasteiger partial charge in [-0.2, -0.15) is 4.98 Å². The van der Waals surface area contributed by atoms with Crippen LogP contribution in [-0.4, -0.2) is 38.2 Å². The molecule has 3 heterocycles. The molecule has 0 atom stereocenters. The molecule has 0 amide bonds. The normalized spacial score (nSPS) is 11.0. The van der Waals surface area contributed by atoms with Gasteiger partial charge in [-0.1, -0.05) is 16.9 Å². The molecular weight excluding hydrogens is 334 g/mol. The van der Waals surface area contributed by atoms with Gasteiger partial charge in [0.25, 0.3) is 5.56 Å². The lowest BCUT2D eigenvalue weighted by atomic mass is 10.1. The van der Waals surface area contributed by atoms with Gasteiger partial charge in [-0.3, -0.25) is 4.79 Å². The number of nitrogens with zero attached hydrogens (tertiary/aromatic N) is 4. The maximum absolute atomic E-state index is 12.4. The van der Waals surface area contributed by atoms with Crippen LogP contribution < -0.4 is 5.56 Å². The maximum Gasteiger partial charge on any atom is 0.338 e. The summed E-state index contributed by atoms with van der Waals surface area (Å²) >= 11 is 1.23. The molecule has 0 fully saturated rings. The Morgan fingerprint density at radius 2 is 2.12 bits per heavy atom. The number of carbonyl (C=O) groups excluding carboxylic acids is 1. The summed E-state index contributed by atoms with van der Waals surface area (Å²) in [4.78, 5) is 39.5. The van der Waals surface area contributed by atoms with Gasteiger partial charge in [0.15, 0.2) is 16.6 Å². The summed E-state index contributed by atoms with van der Waals surface area (Å²) in [5, 5.41) is 4.23. The minimum atomic E-state index is -0.611. The molecule has 0 aliphatic rings. The van der Waals surface area contributed by atoms with Crippen LogP contribution in [0, 0.1) is 13.8 Å². The highest BCUT2D eigenvalue weighted by Crippen LogP contribution is 2.20. The van der Waals surface area contributed by atoms with E-state index in [0.29, 0.717) is 28.3 Å². The van der Waals surface area contributed by atoms with Crippen LogP contribution in [0.2, 0.25) is 0 Å². The van der Waals surface area contributed by atoms with Gasteiger partial charge in [0, 0.05) is 12.6 Å². The van der Waals surface area contributed by atoms with Gasteiger partial charge < -0.3 is 14.2 Å². The highest BCUT2D eigenvalue weighted by Gasteiger charge is 2.17. The fraction of sp³-hybridized carbons (Fsp3) is 0.286. The number of pyridine rings is 1. The number of fused-ring (bicyclic) bond motifs is 1. The van der Waals surface area contributed by atoms with Crippen molar-refractivity contribution in [1.82, 2.24) is 25.1 Å². The number of rotatable bonds is 4. The first-order valence-corrected chi connectivity index (χ1v) is 7.88. The number of carbonyl (C=O) groups is 1. The molecule has 3 rings (SSSR count). The third-order valence-electron chi connectivity index (χ3n) is 3.10. The molecule has 0 saturated heterocycles. The quantitative estimate of drug-likeness (QED) is 0.423. The molecule has 3 aromatic rings. The Hall–Kier alpha value is -2.75. The summed E-state index contributed by atoms with van der Waals surface area (Å²) in [6, 6.07) is 1.50. The monoisotopic (exact) mass is 347 g/mol. The number of hydrogen-bond acceptors (Lipinski definition) is 9. The molecule has 9 nitrogen and oxygen atoms in total. The maximum atomic E-state index is 12.4. The number of methoxy groups -OCH3 is 1. The van der Waals surface area contributed by atoms with Crippen LogP contribution in [0.15, 0.2) is 20.5 Å². The Bertz CT molecular complexity index is 981. The van der Waals surface area contributed by atoms with E-state index >= 15 is 0 Å². The standard InChI is InChI=1S/C14H13N5O4S/c1-6-4-8(13(21)22-3)10-11(15-6)17-14(18-12(10)20)24-5-9-16-7(2)23-19-9/h4H,5H2,1-3H3,(H,15,17,18,20). The molecule has 0 radical (unpaired) electrons. The fourth-order valence-corrected chi connectivity index (χ4v) is 2.82. The predicted octanol–water partition coefficient (Wildman–Crippen LogP) is 1.40. The summed E-state index contributed by atoms with van der Waals surface area (Å²) in [5.41, 5.74) is 0.426. The molecule has 0 aliphatic heterocycles. The van der Waals surface area contributed by atoms with Crippen LogP contribution in [0.1, 0.15) is 27.8 Å². The van der Waals surface area contributed by atoms with Crippen LogP contribution in [0.3, 0.4) is 0 Å². The highest BCUT2D eigenvalue weighted by atomic mass is 32.2. The average molecular weight is 347 g/mol. The smallest absolute Gasteiger partial charge is 0.338 e. The minimum absolute atomic E-state index is 0.104. The Balaban J connectivity index is 2.00. The Morgan fingerprint density at radius 1 is 1.33 bits per heavy atom. The second-order valence-corrected chi connectivity index (χ2v) is 5.85. The summed E-state index contributed by atoms with van der Waals surface area (Å²) in [6.45, 7) is 3.40. The molecule has 24 heavy (non-hydrogen) atoms. The minimum Gasteiger partial charge on any atom is -0.465 e. The number of nitrogens with one attached hydrogen (secondary N) is 1. The van der Waals surface area contributed by atoms with Crippen molar-refractivity contribution in [2.24, 2.45) is 0 Å². The van der Waals surface area contributed by atoms with Crippen LogP contribution in [0.25, 0.3) is 11.0 Å². The zero-order chi connectivity index (χ0) is 17.3. The van der Waals surface area contributed by atoms with E-state index in [1.807, 2.05) is 0 Å². The largest absolute Gasteiger partial charge is 0.465 e. The number of ether oxygens (including phenoxy) is 1. The van der Waals surface area contributed by atoms with Crippen LogP contribution in [-0.2, 0) is 10.5 Å². The first-order chi connectivity index (χ1) is 11.5. The van der Waals surface area contributed by atoms with E-state index in [2.05, 4.69) is 25.1 Å². The third-order valence-corrected chi connectivity index (χ3v) is 3.97. The zero-order valence-electron chi connectivity index (χ0n) is 13.1. The summed E-state index contributed by atoms with van der Waals surface area (Å²) in [7, 11) is 1.25. The number of aromatic amines is 1. The number of hydrogen-bond donors (Lipinski definition) is 1. The van der Waals surface area contributed by atoms with E-state index in [-0.39, 0.29) is 16.6 Å². The van der Waals surface area contributed by atoms with Crippen molar-refractivity contribution in [3.05, 3.63) is 39.4 Å². The number of thioether (sulfide) groups is 1. The van der Waals surface area contributed by atoms with Crippen LogP contribution in [0.4, 0.5) is 0 Å². The number of aryl methyl sites for hydroxylation is 2. The van der Waals surface area contributed by atoms with Crippen molar-refractivity contribution in [2.75, 3.05) is 7.11 Å². The number of esters is 1. The van der Waals surface area contributed by atoms with Crippen molar-refractivity contribution in [3.63, 3.8) is 0 Å². The Labute approximate surface area is 139 Å². The van der Waals surface area contributed by atoms with E-state index in [9.17, 15) is 9.59 Å². The summed E-state index contributed by atoms with van der Waals surface area (Å²) in [6.07, 6.45) is 0. The predicted molar refractivity (Wildman–Crippen MR) is 84.8 cm³/mol. The van der Waals surface area contributed by atoms with E-state index in [1.54, 1.807) is 13.8 Å². The molecule has 0 bridgehead atoms. The molecule has 0 unspecified atom stereocenters. The Morgan fingerprint density at radius 3 is 2.79 bits per heavy atom. The number of H-pyrrole nitrogens is 1. The van der Waals surface area contributed by atoms with E-state index in [0.717, 1.165) is 0 Å². The van der Waals surface area contributed by atoms with Crippen molar-refractivity contribution in [2.45, 2.75) is 24.8 Å². The van der Waals surface area contributed by atoms with Crippen molar-refractivity contribution in [1.29, 1.82) is 0 Å². The van der Waals surface area contributed by atoms with Gasteiger partial charge in [-0.05, 0) is 13.0 Å². The van der Waals surface area contributed by atoms with E-state index in [4.69, 9.17) is 9.26 Å². The molecule has 0 spiro atoms. The summed E-state index contributed by atoms with van der Waals surface area (Å²) in [5.74, 6) is 0.723. The molecule has 124 valence electrons. The van der Waals surface area contributed by atoms with Gasteiger partial charge >= 0.3 is 5.97 Å². The van der Waals surface area contributed by atoms with Gasteiger partial charge in [0.2, 0.25) is 5.89 Å². The number of aromatic nitrogens is 5. The van der Waals surface area contributed by atoms with Crippen LogP contribution >= 0.6 is 11.8 Å². The first-order valence-electron chi connectivity index (χ1n) is 6.90. The third kappa shape index (κ3) is 3.13. The van der Waals surface area contributed by atoms with Crippen molar-refractivity contribution < 1.29 is 14.1 Å².